The van der Waals surface area contributed by atoms with Crippen molar-refractivity contribution < 1.29 is 22.3 Å². The second kappa shape index (κ2) is 3.60. The smallest absolute Gasteiger partial charge is 0.389 e. The number of alkyl halides is 3. The standard InChI is InChI=1S/C6H2BrF4NO2/c7-2-1-3(8)4(13)12-5(2)14-6(9,10)11/h1H,(H,12,13). The molecule has 0 aliphatic rings. The van der Waals surface area contributed by atoms with Crippen molar-refractivity contribution >= 4 is 15.9 Å². The Kier molecular flexibility index (Phi) is 2.84. The van der Waals surface area contributed by atoms with Gasteiger partial charge in [-0.25, -0.2) is 4.39 Å². The first-order valence-corrected chi connectivity index (χ1v) is 3.93. The molecule has 14 heavy (non-hydrogen) atoms. The Bertz CT molecular complexity index is 400. The molecule has 0 aliphatic heterocycles. The molecule has 0 atom stereocenters. The molecular formula is C6H2BrF4NO2. The van der Waals surface area contributed by atoms with Crippen LogP contribution in [-0.2, 0) is 0 Å². The van der Waals surface area contributed by atoms with Gasteiger partial charge in [0.1, 0.15) is 0 Å². The maximum absolute atomic E-state index is 12.5. The van der Waals surface area contributed by atoms with Crippen LogP contribution in [0.3, 0.4) is 0 Å². The van der Waals surface area contributed by atoms with E-state index < -0.39 is 23.6 Å². The van der Waals surface area contributed by atoms with Crippen LogP contribution in [0, 0.1) is 5.82 Å². The van der Waals surface area contributed by atoms with E-state index >= 15 is 0 Å². The number of hydrogen-bond acceptors (Lipinski definition) is 2. The third kappa shape index (κ3) is 2.72. The van der Waals surface area contributed by atoms with Gasteiger partial charge >= 0.3 is 6.36 Å². The van der Waals surface area contributed by atoms with Crippen molar-refractivity contribution in [1.82, 2.24) is 4.98 Å². The number of halogens is 5. The zero-order valence-electron chi connectivity index (χ0n) is 6.28. The lowest BCUT2D eigenvalue weighted by molar-refractivity contribution is -0.276. The van der Waals surface area contributed by atoms with E-state index in [2.05, 4.69) is 20.7 Å². The normalized spacial score (nSPS) is 11.5. The van der Waals surface area contributed by atoms with Crippen LogP contribution in [0.2, 0.25) is 0 Å². The van der Waals surface area contributed by atoms with E-state index in [1.807, 2.05) is 0 Å². The Morgan fingerprint density at radius 2 is 2.00 bits per heavy atom. The van der Waals surface area contributed by atoms with E-state index in [9.17, 15) is 22.4 Å². The summed E-state index contributed by atoms with van der Waals surface area (Å²) in [7, 11) is 0. The first-order valence-electron chi connectivity index (χ1n) is 3.13. The lowest BCUT2D eigenvalue weighted by Gasteiger charge is -2.09. The van der Waals surface area contributed by atoms with Gasteiger partial charge in [-0.2, -0.15) is 0 Å². The second-order valence-corrected chi connectivity index (χ2v) is 3.03. The predicted octanol–water partition coefficient (Wildman–Crippen LogP) is 2.18. The highest BCUT2D eigenvalue weighted by atomic mass is 79.9. The highest BCUT2D eigenvalue weighted by Crippen LogP contribution is 2.27. The summed E-state index contributed by atoms with van der Waals surface area (Å²) < 4.78 is 50.6. The zero-order valence-corrected chi connectivity index (χ0v) is 7.87. The van der Waals surface area contributed by atoms with Crippen molar-refractivity contribution in [3.05, 3.63) is 26.7 Å². The van der Waals surface area contributed by atoms with Gasteiger partial charge in [-0.15, -0.1) is 13.2 Å². The third-order valence-corrected chi connectivity index (χ3v) is 1.72. The molecule has 1 aromatic rings. The molecule has 0 saturated carbocycles. The number of aromatic nitrogens is 1. The molecule has 0 unspecified atom stereocenters. The minimum atomic E-state index is -4.94. The molecule has 0 radical (unpaired) electrons. The number of hydrogen-bond donors (Lipinski definition) is 1. The van der Waals surface area contributed by atoms with E-state index in [0.717, 1.165) is 0 Å². The largest absolute Gasteiger partial charge is 0.574 e. The monoisotopic (exact) mass is 275 g/mol. The first kappa shape index (κ1) is 11.0. The van der Waals surface area contributed by atoms with Gasteiger partial charge in [0.05, 0.1) is 4.47 Å². The van der Waals surface area contributed by atoms with E-state index in [0.29, 0.717) is 6.07 Å². The minimum absolute atomic E-state index is 0.327. The second-order valence-electron chi connectivity index (χ2n) is 2.17. The van der Waals surface area contributed by atoms with Gasteiger partial charge < -0.3 is 4.74 Å². The van der Waals surface area contributed by atoms with Crippen molar-refractivity contribution in [3.8, 4) is 5.88 Å². The van der Waals surface area contributed by atoms with Crippen molar-refractivity contribution in [1.29, 1.82) is 0 Å². The van der Waals surface area contributed by atoms with Crippen LogP contribution < -0.4 is 10.3 Å². The fourth-order valence-corrected chi connectivity index (χ4v) is 1.04. The van der Waals surface area contributed by atoms with Gasteiger partial charge in [-0.1, -0.05) is 0 Å². The average Bonchev–Trinajstić information content (AvgIpc) is 1.97. The number of H-pyrrole nitrogens is 1. The van der Waals surface area contributed by atoms with Crippen LogP contribution in [0.1, 0.15) is 0 Å². The van der Waals surface area contributed by atoms with Gasteiger partial charge in [-0.05, 0) is 22.0 Å². The number of ether oxygens (including phenoxy) is 1. The Balaban J connectivity index is 3.11. The molecule has 8 heteroatoms. The number of pyridine rings is 1. The molecule has 3 nitrogen and oxygen atoms in total. The molecule has 0 amide bonds. The summed E-state index contributed by atoms with van der Waals surface area (Å²) in [6, 6.07) is 0.583. The molecule has 0 bridgehead atoms. The molecule has 0 aliphatic carbocycles. The van der Waals surface area contributed by atoms with Gasteiger partial charge in [0.25, 0.3) is 5.56 Å². The minimum Gasteiger partial charge on any atom is -0.389 e. The highest BCUT2D eigenvalue weighted by molar-refractivity contribution is 9.10. The lowest BCUT2D eigenvalue weighted by Crippen LogP contribution is -2.21. The zero-order chi connectivity index (χ0) is 10.9. The van der Waals surface area contributed by atoms with E-state index in [4.69, 9.17) is 0 Å². The fraction of sp³-hybridized carbons (Fsp3) is 0.167. The van der Waals surface area contributed by atoms with Crippen LogP contribution in [0.25, 0.3) is 0 Å². The van der Waals surface area contributed by atoms with Crippen LogP contribution in [-0.4, -0.2) is 11.3 Å². The Morgan fingerprint density at radius 3 is 2.50 bits per heavy atom. The van der Waals surface area contributed by atoms with Crippen LogP contribution in [0.15, 0.2) is 15.3 Å². The summed E-state index contributed by atoms with van der Waals surface area (Å²) in [5.74, 6) is -2.09. The summed E-state index contributed by atoms with van der Waals surface area (Å²) in [4.78, 5) is 12.2. The summed E-state index contributed by atoms with van der Waals surface area (Å²) in [5, 5.41) is 0. The molecule has 0 fully saturated rings. The van der Waals surface area contributed by atoms with Crippen molar-refractivity contribution in [2.24, 2.45) is 0 Å². The highest BCUT2D eigenvalue weighted by Gasteiger charge is 2.32. The molecule has 1 rings (SSSR count). The SMILES string of the molecule is O=c1[nH]c(OC(F)(F)F)c(Br)cc1F. The molecule has 0 aromatic carbocycles. The summed E-state index contributed by atoms with van der Waals surface area (Å²) in [5.41, 5.74) is -1.28. The van der Waals surface area contributed by atoms with Crippen molar-refractivity contribution in [3.63, 3.8) is 0 Å². The van der Waals surface area contributed by atoms with Gasteiger partial charge in [0.15, 0.2) is 5.82 Å². The summed E-state index contributed by atoms with van der Waals surface area (Å²) in [6.45, 7) is 0. The molecule has 0 saturated heterocycles. The van der Waals surface area contributed by atoms with Crippen molar-refractivity contribution in [2.75, 3.05) is 0 Å². The van der Waals surface area contributed by atoms with Crippen molar-refractivity contribution in [2.45, 2.75) is 6.36 Å². The first-order chi connectivity index (χ1) is 6.29. The third-order valence-electron chi connectivity index (χ3n) is 1.13. The molecule has 0 spiro atoms. The molecule has 1 aromatic heterocycles. The van der Waals surface area contributed by atoms with Crippen LogP contribution in [0.4, 0.5) is 17.6 Å². The Morgan fingerprint density at radius 1 is 1.43 bits per heavy atom. The number of aromatic amines is 1. The summed E-state index contributed by atoms with van der Waals surface area (Å²) >= 11 is 2.60. The topological polar surface area (TPSA) is 42.1 Å². The van der Waals surface area contributed by atoms with Gasteiger partial charge in [0.2, 0.25) is 5.88 Å². The molecular weight excluding hydrogens is 274 g/mol. The van der Waals surface area contributed by atoms with E-state index in [1.54, 1.807) is 4.98 Å². The quantitative estimate of drug-likeness (QED) is 0.799. The molecule has 78 valence electrons. The number of nitrogens with one attached hydrogen (secondary N) is 1. The molecule has 1 N–H and O–H groups in total. The maximum Gasteiger partial charge on any atom is 0.574 e. The van der Waals surface area contributed by atoms with Gasteiger partial charge in [0, 0.05) is 0 Å². The fourth-order valence-electron chi connectivity index (χ4n) is 0.655. The number of rotatable bonds is 1. The van der Waals surface area contributed by atoms with E-state index in [1.165, 1.54) is 0 Å². The average molecular weight is 276 g/mol. The van der Waals surface area contributed by atoms with Crippen LogP contribution in [0.5, 0.6) is 5.88 Å². The molecule has 1 heterocycles. The Hall–Kier alpha value is -1.05. The lowest BCUT2D eigenvalue weighted by atomic mass is 10.4. The Labute approximate surface area is 82.8 Å². The van der Waals surface area contributed by atoms with Gasteiger partial charge in [-0.3, -0.25) is 9.78 Å². The van der Waals surface area contributed by atoms with Crippen LogP contribution >= 0.6 is 15.9 Å². The van der Waals surface area contributed by atoms with E-state index in [-0.39, 0.29) is 4.47 Å². The summed E-state index contributed by atoms with van der Waals surface area (Å²) in [6.07, 6.45) is -4.94. The predicted molar refractivity (Wildman–Crippen MR) is 41.4 cm³/mol. The maximum atomic E-state index is 12.5.